The molecular weight excluding hydrogens is 270 g/mol. The Labute approximate surface area is 125 Å². The van der Waals surface area contributed by atoms with Crippen LogP contribution >= 0.6 is 11.8 Å². The lowest BCUT2D eigenvalue weighted by atomic mass is 9.99. The normalized spacial score (nSPS) is 26.1. The standard InChI is InChI=1S/C15H25N3OS/c1-4-7-16-15(10-19)6-5-13(9-15)20-14-17-11(2)8-12(3)18-14/h8,13,16,19H,4-7,9-10H2,1-3H3. The first-order chi connectivity index (χ1) is 9.57. The van der Waals surface area contributed by atoms with Crippen molar-refractivity contribution in [3.8, 4) is 0 Å². The van der Waals surface area contributed by atoms with E-state index in [1.165, 1.54) is 0 Å². The minimum Gasteiger partial charge on any atom is -0.394 e. The Bertz CT molecular complexity index is 434. The molecule has 5 heteroatoms. The van der Waals surface area contributed by atoms with Gasteiger partial charge in [0, 0.05) is 22.2 Å². The van der Waals surface area contributed by atoms with Crippen LogP contribution in [0.15, 0.2) is 11.2 Å². The maximum absolute atomic E-state index is 9.71. The molecule has 1 aromatic rings. The summed E-state index contributed by atoms with van der Waals surface area (Å²) in [5.74, 6) is 0. The molecule has 0 radical (unpaired) electrons. The average Bonchev–Trinajstić information content (AvgIpc) is 2.79. The highest BCUT2D eigenvalue weighted by Crippen LogP contribution is 2.39. The third-order valence-electron chi connectivity index (χ3n) is 3.85. The van der Waals surface area contributed by atoms with E-state index in [9.17, 15) is 5.11 Å². The molecule has 1 aliphatic rings. The van der Waals surface area contributed by atoms with Crippen LogP contribution < -0.4 is 5.32 Å². The lowest BCUT2D eigenvalue weighted by molar-refractivity contribution is 0.165. The predicted octanol–water partition coefficient (Wildman–Crippen LogP) is 2.47. The highest BCUT2D eigenvalue weighted by molar-refractivity contribution is 7.99. The van der Waals surface area contributed by atoms with Gasteiger partial charge in [0.1, 0.15) is 0 Å². The quantitative estimate of drug-likeness (QED) is 0.790. The second-order valence-corrected chi connectivity index (χ2v) is 7.05. The van der Waals surface area contributed by atoms with Crippen molar-refractivity contribution in [2.24, 2.45) is 0 Å². The van der Waals surface area contributed by atoms with E-state index in [1.54, 1.807) is 11.8 Å². The first-order valence-corrected chi connectivity index (χ1v) is 8.30. The summed E-state index contributed by atoms with van der Waals surface area (Å²) in [6, 6.07) is 2.00. The monoisotopic (exact) mass is 295 g/mol. The van der Waals surface area contributed by atoms with Crippen molar-refractivity contribution in [1.29, 1.82) is 0 Å². The fourth-order valence-corrected chi connectivity index (χ4v) is 4.15. The van der Waals surface area contributed by atoms with Crippen LogP contribution in [0.1, 0.15) is 44.0 Å². The molecule has 2 rings (SSSR count). The van der Waals surface area contributed by atoms with Gasteiger partial charge in [-0.05, 0) is 52.1 Å². The molecular formula is C15H25N3OS. The van der Waals surface area contributed by atoms with Gasteiger partial charge in [-0.15, -0.1) is 0 Å². The van der Waals surface area contributed by atoms with Crippen molar-refractivity contribution in [2.45, 2.75) is 62.4 Å². The summed E-state index contributed by atoms with van der Waals surface area (Å²) in [7, 11) is 0. The smallest absolute Gasteiger partial charge is 0.188 e. The molecule has 1 fully saturated rings. The molecule has 0 aliphatic heterocycles. The van der Waals surface area contributed by atoms with Crippen molar-refractivity contribution in [2.75, 3.05) is 13.2 Å². The number of thioether (sulfide) groups is 1. The summed E-state index contributed by atoms with van der Waals surface area (Å²) >= 11 is 1.76. The number of rotatable bonds is 6. The molecule has 0 bridgehead atoms. The number of hydrogen-bond donors (Lipinski definition) is 2. The van der Waals surface area contributed by atoms with Gasteiger partial charge in [-0.2, -0.15) is 0 Å². The number of nitrogens with zero attached hydrogens (tertiary/aromatic N) is 2. The van der Waals surface area contributed by atoms with Gasteiger partial charge in [-0.25, -0.2) is 9.97 Å². The zero-order chi connectivity index (χ0) is 14.6. The molecule has 112 valence electrons. The van der Waals surface area contributed by atoms with Crippen molar-refractivity contribution < 1.29 is 5.11 Å². The molecule has 0 amide bonds. The van der Waals surface area contributed by atoms with Gasteiger partial charge in [0.15, 0.2) is 5.16 Å². The Morgan fingerprint density at radius 1 is 1.40 bits per heavy atom. The summed E-state index contributed by atoms with van der Waals surface area (Å²) in [5, 5.41) is 14.6. The summed E-state index contributed by atoms with van der Waals surface area (Å²) in [5.41, 5.74) is 1.96. The Hall–Kier alpha value is -0.650. The Morgan fingerprint density at radius 2 is 2.10 bits per heavy atom. The second-order valence-electron chi connectivity index (χ2n) is 5.78. The van der Waals surface area contributed by atoms with Crippen LogP contribution in [0.5, 0.6) is 0 Å². The molecule has 1 heterocycles. The Kier molecular flexibility index (Phi) is 5.41. The molecule has 0 spiro atoms. The van der Waals surface area contributed by atoms with Crippen LogP contribution in [-0.4, -0.2) is 39.0 Å². The summed E-state index contributed by atoms with van der Waals surface area (Å²) in [4.78, 5) is 9.00. The Balaban J connectivity index is 1.98. The largest absolute Gasteiger partial charge is 0.394 e. The zero-order valence-electron chi connectivity index (χ0n) is 12.6. The summed E-state index contributed by atoms with van der Waals surface area (Å²) < 4.78 is 0. The van der Waals surface area contributed by atoms with Crippen LogP contribution in [0.4, 0.5) is 0 Å². The number of hydrogen-bond acceptors (Lipinski definition) is 5. The maximum Gasteiger partial charge on any atom is 0.188 e. The minimum absolute atomic E-state index is 0.0907. The number of aliphatic hydroxyl groups excluding tert-OH is 1. The number of nitrogens with one attached hydrogen (secondary N) is 1. The first kappa shape index (κ1) is 15.7. The van der Waals surface area contributed by atoms with E-state index in [-0.39, 0.29) is 12.1 Å². The average molecular weight is 295 g/mol. The van der Waals surface area contributed by atoms with Crippen molar-refractivity contribution in [3.63, 3.8) is 0 Å². The highest BCUT2D eigenvalue weighted by atomic mass is 32.2. The molecule has 2 unspecified atom stereocenters. The zero-order valence-corrected chi connectivity index (χ0v) is 13.5. The molecule has 2 atom stereocenters. The second kappa shape index (κ2) is 6.87. The summed E-state index contributed by atoms with van der Waals surface area (Å²) in [6.07, 6.45) is 4.23. The third-order valence-corrected chi connectivity index (χ3v) is 4.98. The van der Waals surface area contributed by atoms with Crippen molar-refractivity contribution in [1.82, 2.24) is 15.3 Å². The van der Waals surface area contributed by atoms with Gasteiger partial charge in [-0.1, -0.05) is 18.7 Å². The molecule has 4 nitrogen and oxygen atoms in total. The topological polar surface area (TPSA) is 58.0 Å². The lowest BCUT2D eigenvalue weighted by Gasteiger charge is -2.28. The lowest BCUT2D eigenvalue weighted by Crippen LogP contribution is -2.46. The SMILES string of the molecule is CCCNC1(CO)CCC(Sc2nc(C)cc(C)n2)C1. The van der Waals surface area contributed by atoms with E-state index in [2.05, 4.69) is 22.2 Å². The Morgan fingerprint density at radius 3 is 2.70 bits per heavy atom. The van der Waals surface area contributed by atoms with E-state index in [0.717, 1.165) is 48.8 Å². The van der Waals surface area contributed by atoms with E-state index >= 15 is 0 Å². The summed E-state index contributed by atoms with van der Waals surface area (Å²) in [6.45, 7) is 7.36. The third kappa shape index (κ3) is 3.93. The molecule has 1 saturated carbocycles. The van der Waals surface area contributed by atoms with Crippen LogP contribution in [0.3, 0.4) is 0 Å². The van der Waals surface area contributed by atoms with E-state index in [0.29, 0.717) is 5.25 Å². The fraction of sp³-hybridized carbons (Fsp3) is 0.733. The van der Waals surface area contributed by atoms with Crippen LogP contribution in [-0.2, 0) is 0 Å². The highest BCUT2D eigenvalue weighted by Gasteiger charge is 2.38. The molecule has 0 aromatic carbocycles. The fourth-order valence-electron chi connectivity index (χ4n) is 2.82. The van der Waals surface area contributed by atoms with Gasteiger partial charge in [-0.3, -0.25) is 0 Å². The van der Waals surface area contributed by atoms with E-state index in [1.807, 2.05) is 19.9 Å². The number of aliphatic hydroxyl groups is 1. The molecule has 1 aromatic heterocycles. The van der Waals surface area contributed by atoms with Gasteiger partial charge in [0.05, 0.1) is 6.61 Å². The molecule has 1 aliphatic carbocycles. The van der Waals surface area contributed by atoms with Gasteiger partial charge in [0.2, 0.25) is 0 Å². The van der Waals surface area contributed by atoms with Gasteiger partial charge in [0.25, 0.3) is 0 Å². The minimum atomic E-state index is -0.0907. The number of aryl methyl sites for hydroxylation is 2. The van der Waals surface area contributed by atoms with Crippen LogP contribution in [0.2, 0.25) is 0 Å². The molecule has 20 heavy (non-hydrogen) atoms. The van der Waals surface area contributed by atoms with Crippen molar-refractivity contribution >= 4 is 11.8 Å². The number of aromatic nitrogens is 2. The van der Waals surface area contributed by atoms with Crippen LogP contribution in [0.25, 0.3) is 0 Å². The van der Waals surface area contributed by atoms with Crippen molar-refractivity contribution in [3.05, 3.63) is 17.5 Å². The van der Waals surface area contributed by atoms with Crippen LogP contribution in [0, 0.1) is 13.8 Å². The molecule has 2 N–H and O–H groups in total. The van der Waals surface area contributed by atoms with Gasteiger partial charge < -0.3 is 10.4 Å². The molecule has 0 saturated heterocycles. The van der Waals surface area contributed by atoms with Gasteiger partial charge >= 0.3 is 0 Å². The van der Waals surface area contributed by atoms with E-state index < -0.39 is 0 Å². The predicted molar refractivity (Wildman–Crippen MR) is 83.1 cm³/mol. The first-order valence-electron chi connectivity index (χ1n) is 7.42. The maximum atomic E-state index is 9.71. The van der Waals surface area contributed by atoms with E-state index in [4.69, 9.17) is 0 Å².